The Kier molecular flexibility index (Phi) is 6.63. The third-order valence-corrected chi connectivity index (χ3v) is 5.68. The number of carbonyl (C=O) groups excluding carboxylic acids is 1. The van der Waals surface area contributed by atoms with Gasteiger partial charge in [0.2, 0.25) is 5.91 Å². The van der Waals surface area contributed by atoms with E-state index in [1.165, 1.54) is 5.56 Å². The molecule has 150 valence electrons. The van der Waals surface area contributed by atoms with E-state index in [0.717, 1.165) is 31.2 Å². The Morgan fingerprint density at radius 3 is 2.61 bits per heavy atom. The number of ether oxygens (including phenoxy) is 2. The van der Waals surface area contributed by atoms with Gasteiger partial charge in [0.15, 0.2) is 0 Å². The van der Waals surface area contributed by atoms with Crippen molar-refractivity contribution >= 4 is 23.2 Å². The number of hydrogen-bond acceptors (Lipinski definition) is 3. The number of carbonyl (C=O) groups is 1. The van der Waals surface area contributed by atoms with Crippen molar-refractivity contribution in [3.63, 3.8) is 0 Å². The SMILES string of the molecule is COCC(C)Oc1ccc(NC(=O)C2(c3cccc(C)c3)CCCC2)cc1Cl. The van der Waals surface area contributed by atoms with Gasteiger partial charge in [-0.2, -0.15) is 0 Å². The van der Waals surface area contributed by atoms with Gasteiger partial charge < -0.3 is 14.8 Å². The fourth-order valence-electron chi connectivity index (χ4n) is 3.98. The number of amides is 1. The topological polar surface area (TPSA) is 47.6 Å². The Labute approximate surface area is 172 Å². The molecule has 1 aliphatic carbocycles. The van der Waals surface area contributed by atoms with Crippen LogP contribution >= 0.6 is 11.6 Å². The molecule has 4 nitrogen and oxygen atoms in total. The second-order valence-electron chi connectivity index (χ2n) is 7.64. The third-order valence-electron chi connectivity index (χ3n) is 5.38. The van der Waals surface area contributed by atoms with Crippen molar-refractivity contribution in [3.05, 3.63) is 58.6 Å². The average Bonchev–Trinajstić information content (AvgIpc) is 3.15. The highest BCUT2D eigenvalue weighted by Crippen LogP contribution is 2.42. The molecule has 0 aromatic heterocycles. The van der Waals surface area contributed by atoms with Crippen LogP contribution in [0.2, 0.25) is 5.02 Å². The van der Waals surface area contributed by atoms with E-state index >= 15 is 0 Å². The number of benzene rings is 2. The first-order chi connectivity index (χ1) is 13.4. The summed E-state index contributed by atoms with van der Waals surface area (Å²) in [6, 6.07) is 13.7. The quantitative estimate of drug-likeness (QED) is 0.665. The van der Waals surface area contributed by atoms with E-state index in [1.54, 1.807) is 19.2 Å². The monoisotopic (exact) mass is 401 g/mol. The van der Waals surface area contributed by atoms with Gasteiger partial charge in [-0.25, -0.2) is 0 Å². The van der Waals surface area contributed by atoms with Crippen LogP contribution in [0.4, 0.5) is 5.69 Å². The van der Waals surface area contributed by atoms with Gasteiger partial charge >= 0.3 is 0 Å². The first-order valence-corrected chi connectivity index (χ1v) is 10.2. The fraction of sp³-hybridized carbons (Fsp3) is 0.435. The van der Waals surface area contributed by atoms with Crippen molar-refractivity contribution in [2.24, 2.45) is 0 Å². The highest BCUT2D eigenvalue weighted by atomic mass is 35.5. The molecule has 3 rings (SSSR count). The molecule has 1 fully saturated rings. The van der Waals surface area contributed by atoms with Crippen molar-refractivity contribution in [3.8, 4) is 5.75 Å². The number of halogens is 1. The molecule has 2 aromatic carbocycles. The van der Waals surface area contributed by atoms with E-state index in [2.05, 4.69) is 30.4 Å². The molecule has 0 heterocycles. The minimum Gasteiger partial charge on any atom is -0.487 e. The second-order valence-corrected chi connectivity index (χ2v) is 8.05. The molecule has 1 unspecified atom stereocenters. The Bertz CT molecular complexity index is 830. The standard InChI is InChI=1S/C23H28ClNO3/c1-16-7-6-8-18(13-16)23(11-4-5-12-23)22(26)25-19-9-10-21(20(24)14-19)28-17(2)15-27-3/h6-10,13-14,17H,4-5,11-12,15H2,1-3H3,(H,25,26). The molecular formula is C23H28ClNO3. The molecule has 1 amide bonds. The summed E-state index contributed by atoms with van der Waals surface area (Å²) in [5.41, 5.74) is 2.48. The van der Waals surface area contributed by atoms with Gasteiger partial charge in [-0.05, 0) is 50.5 Å². The first-order valence-electron chi connectivity index (χ1n) is 9.78. The van der Waals surface area contributed by atoms with Crippen LogP contribution in [0.3, 0.4) is 0 Å². The zero-order valence-electron chi connectivity index (χ0n) is 16.8. The maximum absolute atomic E-state index is 13.3. The van der Waals surface area contributed by atoms with Gasteiger partial charge in [-0.15, -0.1) is 0 Å². The number of methoxy groups -OCH3 is 1. The Balaban J connectivity index is 1.78. The lowest BCUT2D eigenvalue weighted by molar-refractivity contribution is -0.121. The predicted molar refractivity (Wildman–Crippen MR) is 113 cm³/mol. The first kappa shape index (κ1) is 20.7. The minimum absolute atomic E-state index is 0.0353. The van der Waals surface area contributed by atoms with E-state index in [1.807, 2.05) is 19.1 Å². The van der Waals surface area contributed by atoms with E-state index in [9.17, 15) is 4.79 Å². The maximum atomic E-state index is 13.3. The lowest BCUT2D eigenvalue weighted by Gasteiger charge is -2.29. The summed E-state index contributed by atoms with van der Waals surface area (Å²) in [5, 5.41) is 3.55. The number of anilines is 1. The van der Waals surface area contributed by atoms with Crippen LogP contribution < -0.4 is 10.1 Å². The number of rotatable bonds is 7. The summed E-state index contributed by atoms with van der Waals surface area (Å²) in [5.74, 6) is 0.617. The molecule has 1 saturated carbocycles. The van der Waals surface area contributed by atoms with Crippen LogP contribution in [0.5, 0.6) is 5.75 Å². The van der Waals surface area contributed by atoms with Gasteiger partial charge in [0.05, 0.1) is 17.0 Å². The smallest absolute Gasteiger partial charge is 0.235 e. The molecule has 5 heteroatoms. The number of hydrogen-bond donors (Lipinski definition) is 1. The van der Waals surface area contributed by atoms with Gasteiger partial charge in [-0.3, -0.25) is 4.79 Å². The highest BCUT2D eigenvalue weighted by molar-refractivity contribution is 6.32. The number of nitrogens with one attached hydrogen (secondary N) is 1. The molecule has 28 heavy (non-hydrogen) atoms. The van der Waals surface area contributed by atoms with E-state index in [0.29, 0.717) is 23.1 Å². The maximum Gasteiger partial charge on any atom is 0.235 e. The summed E-state index contributed by atoms with van der Waals surface area (Å²) in [6.45, 7) is 4.46. The molecule has 1 atom stereocenters. The van der Waals surface area contributed by atoms with Crippen LogP contribution in [0, 0.1) is 6.92 Å². The van der Waals surface area contributed by atoms with Crippen molar-refractivity contribution < 1.29 is 14.3 Å². The molecule has 0 spiro atoms. The molecular weight excluding hydrogens is 374 g/mol. The second kappa shape index (κ2) is 8.97. The summed E-state index contributed by atoms with van der Waals surface area (Å²) in [4.78, 5) is 13.3. The van der Waals surface area contributed by atoms with Gasteiger partial charge in [0.1, 0.15) is 11.9 Å². The van der Waals surface area contributed by atoms with E-state index in [-0.39, 0.29) is 12.0 Å². The summed E-state index contributed by atoms with van der Waals surface area (Å²) < 4.78 is 10.9. The minimum atomic E-state index is -0.472. The van der Waals surface area contributed by atoms with Crippen molar-refractivity contribution in [2.45, 2.75) is 51.0 Å². The molecule has 2 aromatic rings. The Morgan fingerprint density at radius 2 is 1.96 bits per heavy atom. The van der Waals surface area contributed by atoms with E-state index < -0.39 is 5.41 Å². The van der Waals surface area contributed by atoms with Crippen molar-refractivity contribution in [1.82, 2.24) is 0 Å². The fourth-order valence-corrected chi connectivity index (χ4v) is 4.20. The normalized spacial score (nSPS) is 16.6. The van der Waals surface area contributed by atoms with Crippen LogP contribution in [-0.4, -0.2) is 25.7 Å². The van der Waals surface area contributed by atoms with Crippen molar-refractivity contribution in [1.29, 1.82) is 0 Å². The summed E-state index contributed by atoms with van der Waals surface area (Å²) >= 11 is 6.37. The summed E-state index contributed by atoms with van der Waals surface area (Å²) in [6.07, 6.45) is 3.75. The Morgan fingerprint density at radius 1 is 1.21 bits per heavy atom. The molecule has 0 radical (unpaired) electrons. The third kappa shape index (κ3) is 4.50. The zero-order valence-corrected chi connectivity index (χ0v) is 17.5. The molecule has 1 aliphatic rings. The van der Waals surface area contributed by atoms with E-state index in [4.69, 9.17) is 21.1 Å². The molecule has 0 aliphatic heterocycles. The Hall–Kier alpha value is -2.04. The largest absolute Gasteiger partial charge is 0.487 e. The molecule has 0 bridgehead atoms. The molecule has 1 N–H and O–H groups in total. The predicted octanol–water partition coefficient (Wildman–Crippen LogP) is 5.51. The average molecular weight is 402 g/mol. The van der Waals surface area contributed by atoms with Gasteiger partial charge in [0.25, 0.3) is 0 Å². The summed E-state index contributed by atoms with van der Waals surface area (Å²) in [7, 11) is 1.63. The lowest BCUT2D eigenvalue weighted by atomic mass is 9.77. The van der Waals surface area contributed by atoms with Crippen LogP contribution in [0.1, 0.15) is 43.7 Å². The van der Waals surface area contributed by atoms with Crippen LogP contribution in [-0.2, 0) is 14.9 Å². The number of aryl methyl sites for hydroxylation is 1. The van der Waals surface area contributed by atoms with Gasteiger partial charge in [-0.1, -0.05) is 54.3 Å². The van der Waals surface area contributed by atoms with Crippen molar-refractivity contribution in [2.75, 3.05) is 19.0 Å². The molecule has 0 saturated heterocycles. The lowest BCUT2D eigenvalue weighted by Crippen LogP contribution is -2.38. The zero-order chi connectivity index (χ0) is 20.1. The van der Waals surface area contributed by atoms with Gasteiger partial charge in [0, 0.05) is 12.8 Å². The highest BCUT2D eigenvalue weighted by Gasteiger charge is 2.42. The van der Waals surface area contributed by atoms with Crippen LogP contribution in [0.15, 0.2) is 42.5 Å². The van der Waals surface area contributed by atoms with Crippen LogP contribution in [0.25, 0.3) is 0 Å².